The molecule has 0 spiro atoms. The molecular weight excluding hydrogens is 210 g/mol. The van der Waals surface area contributed by atoms with E-state index in [-0.39, 0.29) is 0 Å². The van der Waals surface area contributed by atoms with Crippen molar-refractivity contribution in [1.29, 1.82) is 0 Å². The maximum Gasteiger partial charge on any atom is 0.219 e. The van der Waals surface area contributed by atoms with Gasteiger partial charge in [0.1, 0.15) is 0 Å². The number of rotatable bonds is 2. The molecule has 0 atom stereocenters. The van der Waals surface area contributed by atoms with Crippen molar-refractivity contribution in [2.24, 2.45) is 0 Å². The highest BCUT2D eigenvalue weighted by atomic mass is 15.0. The van der Waals surface area contributed by atoms with Crippen LogP contribution in [-0.4, -0.2) is 9.97 Å². The van der Waals surface area contributed by atoms with Gasteiger partial charge in [0.15, 0.2) is 0 Å². The Balaban J connectivity index is 2.04. The van der Waals surface area contributed by atoms with Crippen molar-refractivity contribution < 1.29 is 0 Å². The zero-order valence-corrected chi connectivity index (χ0v) is 9.63. The molecule has 1 aromatic heterocycles. The highest BCUT2D eigenvalue weighted by Crippen LogP contribution is 2.40. The minimum absolute atomic E-state index is 0.329. The zero-order valence-electron chi connectivity index (χ0n) is 9.63. The summed E-state index contributed by atoms with van der Waals surface area (Å²) in [6.45, 7) is 0. The smallest absolute Gasteiger partial charge is 0.219 e. The standard InChI is InChI=1S/C14H15N3/c15-14-16-8-11(9-17-14)13-7-2-1-6-12(13)10-4-3-5-10/h1-2,6-10H,3-5H2,(H2,15,16,17). The van der Waals surface area contributed by atoms with Gasteiger partial charge in [0.2, 0.25) is 5.95 Å². The maximum absolute atomic E-state index is 5.52. The van der Waals surface area contributed by atoms with Gasteiger partial charge in [-0.1, -0.05) is 30.7 Å². The number of nitrogens with zero attached hydrogens (tertiary/aromatic N) is 2. The van der Waals surface area contributed by atoms with E-state index in [1.165, 1.54) is 30.4 Å². The van der Waals surface area contributed by atoms with Crippen molar-refractivity contribution in [3.8, 4) is 11.1 Å². The summed E-state index contributed by atoms with van der Waals surface area (Å²) in [6.07, 6.45) is 7.55. The van der Waals surface area contributed by atoms with Crippen molar-refractivity contribution in [2.75, 3.05) is 5.73 Å². The van der Waals surface area contributed by atoms with Gasteiger partial charge in [0.05, 0.1) is 0 Å². The average Bonchev–Trinajstić information content (AvgIpc) is 2.29. The third-order valence-electron chi connectivity index (χ3n) is 3.49. The number of aromatic nitrogens is 2. The van der Waals surface area contributed by atoms with E-state index >= 15 is 0 Å². The molecule has 1 aliphatic rings. The number of benzene rings is 1. The van der Waals surface area contributed by atoms with Gasteiger partial charge >= 0.3 is 0 Å². The minimum Gasteiger partial charge on any atom is -0.368 e. The number of anilines is 1. The third-order valence-corrected chi connectivity index (χ3v) is 3.49. The second-order valence-electron chi connectivity index (χ2n) is 4.55. The summed E-state index contributed by atoms with van der Waals surface area (Å²) >= 11 is 0. The van der Waals surface area contributed by atoms with E-state index in [0.717, 1.165) is 5.56 Å². The Labute approximate surface area is 101 Å². The van der Waals surface area contributed by atoms with Crippen molar-refractivity contribution in [2.45, 2.75) is 25.2 Å². The van der Waals surface area contributed by atoms with Crippen LogP contribution in [-0.2, 0) is 0 Å². The molecule has 1 saturated carbocycles. The lowest BCUT2D eigenvalue weighted by atomic mass is 9.77. The molecule has 0 unspecified atom stereocenters. The van der Waals surface area contributed by atoms with Crippen LogP contribution < -0.4 is 5.73 Å². The van der Waals surface area contributed by atoms with E-state index in [2.05, 4.69) is 34.2 Å². The molecule has 1 heterocycles. The summed E-state index contributed by atoms with van der Waals surface area (Å²) in [4.78, 5) is 8.13. The summed E-state index contributed by atoms with van der Waals surface area (Å²) in [5, 5.41) is 0. The summed E-state index contributed by atoms with van der Waals surface area (Å²) in [7, 11) is 0. The molecular formula is C14H15N3. The lowest BCUT2D eigenvalue weighted by molar-refractivity contribution is 0.420. The first-order chi connectivity index (χ1) is 8.34. The number of hydrogen-bond donors (Lipinski definition) is 1. The van der Waals surface area contributed by atoms with Crippen LogP contribution in [0.25, 0.3) is 11.1 Å². The van der Waals surface area contributed by atoms with Crippen molar-refractivity contribution in [3.63, 3.8) is 0 Å². The Morgan fingerprint density at radius 1 is 1.06 bits per heavy atom. The van der Waals surface area contributed by atoms with Gasteiger partial charge in [0.25, 0.3) is 0 Å². The number of nitrogens with two attached hydrogens (primary N) is 1. The van der Waals surface area contributed by atoms with Crippen LogP contribution in [0.5, 0.6) is 0 Å². The molecule has 0 radical (unpaired) electrons. The van der Waals surface area contributed by atoms with Crippen LogP contribution in [0.4, 0.5) is 5.95 Å². The largest absolute Gasteiger partial charge is 0.368 e. The molecule has 2 aromatic rings. The van der Waals surface area contributed by atoms with Crippen LogP contribution >= 0.6 is 0 Å². The van der Waals surface area contributed by atoms with Crippen molar-refractivity contribution in [1.82, 2.24) is 9.97 Å². The zero-order chi connectivity index (χ0) is 11.7. The van der Waals surface area contributed by atoms with Crippen LogP contribution in [0.3, 0.4) is 0 Å². The summed E-state index contributed by atoms with van der Waals surface area (Å²) in [6, 6.07) is 8.53. The molecule has 3 nitrogen and oxygen atoms in total. The predicted octanol–water partition coefficient (Wildman–Crippen LogP) is 2.99. The topological polar surface area (TPSA) is 51.8 Å². The summed E-state index contributed by atoms with van der Waals surface area (Å²) in [5.41, 5.74) is 9.25. The Morgan fingerprint density at radius 2 is 1.76 bits per heavy atom. The molecule has 0 bridgehead atoms. The molecule has 17 heavy (non-hydrogen) atoms. The number of nitrogen functional groups attached to an aromatic ring is 1. The van der Waals surface area contributed by atoms with Gasteiger partial charge in [-0.15, -0.1) is 0 Å². The van der Waals surface area contributed by atoms with Crippen LogP contribution in [0, 0.1) is 0 Å². The molecule has 0 saturated heterocycles. The SMILES string of the molecule is Nc1ncc(-c2ccccc2C2CCC2)cn1. The van der Waals surface area contributed by atoms with Gasteiger partial charge in [-0.05, 0) is 29.9 Å². The molecule has 86 valence electrons. The first-order valence-electron chi connectivity index (χ1n) is 6.01. The van der Waals surface area contributed by atoms with Gasteiger partial charge in [-0.3, -0.25) is 0 Å². The van der Waals surface area contributed by atoms with E-state index in [0.29, 0.717) is 11.9 Å². The van der Waals surface area contributed by atoms with Crippen LogP contribution in [0.2, 0.25) is 0 Å². The minimum atomic E-state index is 0.329. The van der Waals surface area contributed by atoms with Gasteiger partial charge in [-0.2, -0.15) is 0 Å². The third kappa shape index (κ3) is 1.88. The lowest BCUT2D eigenvalue weighted by Crippen LogP contribution is -2.10. The van der Waals surface area contributed by atoms with Gasteiger partial charge < -0.3 is 5.73 Å². The fourth-order valence-corrected chi connectivity index (χ4v) is 2.31. The van der Waals surface area contributed by atoms with E-state index in [4.69, 9.17) is 5.73 Å². The molecule has 0 amide bonds. The monoisotopic (exact) mass is 225 g/mol. The van der Waals surface area contributed by atoms with Crippen molar-refractivity contribution in [3.05, 3.63) is 42.2 Å². The van der Waals surface area contributed by atoms with Crippen LogP contribution in [0.15, 0.2) is 36.7 Å². The molecule has 1 aliphatic carbocycles. The quantitative estimate of drug-likeness (QED) is 0.854. The van der Waals surface area contributed by atoms with Gasteiger partial charge in [-0.25, -0.2) is 9.97 Å². The molecule has 1 aromatic carbocycles. The fraction of sp³-hybridized carbons (Fsp3) is 0.286. The average molecular weight is 225 g/mol. The first kappa shape index (κ1) is 10.3. The molecule has 3 heteroatoms. The Bertz CT molecular complexity index is 515. The first-order valence-corrected chi connectivity index (χ1v) is 6.01. The van der Waals surface area contributed by atoms with Crippen molar-refractivity contribution >= 4 is 5.95 Å². The lowest BCUT2D eigenvalue weighted by Gasteiger charge is -2.27. The summed E-state index contributed by atoms with van der Waals surface area (Å²) < 4.78 is 0. The normalized spacial score (nSPS) is 15.5. The Hall–Kier alpha value is -1.90. The molecule has 0 aliphatic heterocycles. The van der Waals surface area contributed by atoms with E-state index in [1.807, 2.05) is 0 Å². The van der Waals surface area contributed by atoms with E-state index in [1.54, 1.807) is 12.4 Å². The highest BCUT2D eigenvalue weighted by Gasteiger charge is 2.22. The second kappa shape index (κ2) is 4.17. The maximum atomic E-state index is 5.52. The predicted molar refractivity (Wildman–Crippen MR) is 68.5 cm³/mol. The molecule has 2 N–H and O–H groups in total. The van der Waals surface area contributed by atoms with Gasteiger partial charge in [0, 0.05) is 18.0 Å². The molecule has 1 fully saturated rings. The van der Waals surface area contributed by atoms with E-state index < -0.39 is 0 Å². The second-order valence-corrected chi connectivity index (χ2v) is 4.55. The summed E-state index contributed by atoms with van der Waals surface area (Å²) in [5.74, 6) is 1.04. The number of hydrogen-bond acceptors (Lipinski definition) is 3. The molecule has 3 rings (SSSR count). The fourth-order valence-electron chi connectivity index (χ4n) is 2.31. The van der Waals surface area contributed by atoms with E-state index in [9.17, 15) is 0 Å². The van der Waals surface area contributed by atoms with Crippen LogP contribution in [0.1, 0.15) is 30.7 Å². The Kier molecular flexibility index (Phi) is 2.52. The highest BCUT2D eigenvalue weighted by molar-refractivity contribution is 5.67. The Morgan fingerprint density at radius 3 is 2.41 bits per heavy atom.